The lowest BCUT2D eigenvalue weighted by Crippen LogP contribution is -2.30. The molecule has 0 aliphatic heterocycles. The predicted octanol–water partition coefficient (Wildman–Crippen LogP) is 2.51. The molecule has 2 aromatic heterocycles. The average Bonchev–Trinajstić information content (AvgIpc) is 3.19. The quantitative estimate of drug-likeness (QED) is 0.519. The third-order valence-electron chi connectivity index (χ3n) is 4.84. The Kier molecular flexibility index (Phi) is 5.52. The average molecular weight is 415 g/mol. The number of aliphatic hydroxyl groups is 1. The van der Waals surface area contributed by atoms with Crippen LogP contribution in [0, 0.1) is 25.2 Å². The lowest BCUT2D eigenvalue weighted by atomic mass is 10.1. The van der Waals surface area contributed by atoms with Crippen molar-refractivity contribution in [3.63, 3.8) is 0 Å². The first kappa shape index (κ1) is 20.3. The highest BCUT2D eigenvalue weighted by Gasteiger charge is 2.14. The van der Waals surface area contributed by atoms with E-state index in [4.69, 9.17) is 10.00 Å². The van der Waals surface area contributed by atoms with Crippen LogP contribution in [0.1, 0.15) is 16.7 Å². The van der Waals surface area contributed by atoms with Crippen molar-refractivity contribution in [1.82, 2.24) is 19.3 Å². The van der Waals surface area contributed by atoms with E-state index in [9.17, 15) is 9.90 Å². The van der Waals surface area contributed by atoms with E-state index in [1.165, 1.54) is 17.1 Å². The number of fused-ring (bicyclic) bond motifs is 1. The zero-order valence-corrected chi connectivity index (χ0v) is 17.2. The lowest BCUT2D eigenvalue weighted by Gasteiger charge is -2.14. The SMILES string of the molecule is Cc1cc(C)cc(-n2ncc3c(=O)n(CC(O)COc4ccc(C#N)cc4)cnc32)c1. The number of aromatic nitrogens is 4. The summed E-state index contributed by atoms with van der Waals surface area (Å²) >= 11 is 0. The van der Waals surface area contributed by atoms with Crippen LogP contribution in [0.4, 0.5) is 0 Å². The molecule has 0 aliphatic rings. The minimum Gasteiger partial charge on any atom is -0.491 e. The van der Waals surface area contributed by atoms with Crippen molar-refractivity contribution >= 4 is 11.0 Å². The number of ether oxygens (including phenoxy) is 1. The lowest BCUT2D eigenvalue weighted by molar-refractivity contribution is 0.0915. The minimum absolute atomic E-state index is 0.00178. The van der Waals surface area contributed by atoms with Crippen molar-refractivity contribution in [2.45, 2.75) is 26.5 Å². The van der Waals surface area contributed by atoms with E-state index in [0.29, 0.717) is 22.3 Å². The first-order valence-electron chi connectivity index (χ1n) is 9.77. The molecule has 0 radical (unpaired) electrons. The molecular weight excluding hydrogens is 394 g/mol. The van der Waals surface area contributed by atoms with Gasteiger partial charge in [0.1, 0.15) is 30.2 Å². The molecular formula is C23H21N5O3. The molecule has 0 amide bonds. The molecule has 0 fully saturated rings. The molecule has 8 heteroatoms. The maximum atomic E-state index is 12.9. The van der Waals surface area contributed by atoms with Crippen molar-refractivity contribution in [3.8, 4) is 17.5 Å². The summed E-state index contributed by atoms with van der Waals surface area (Å²) in [5.41, 5.74) is 3.75. The third-order valence-corrected chi connectivity index (χ3v) is 4.84. The summed E-state index contributed by atoms with van der Waals surface area (Å²) in [5, 5.41) is 23.9. The third kappa shape index (κ3) is 4.32. The monoisotopic (exact) mass is 415 g/mol. The maximum Gasteiger partial charge on any atom is 0.264 e. The molecule has 2 aromatic carbocycles. The molecule has 0 spiro atoms. The maximum absolute atomic E-state index is 12.9. The van der Waals surface area contributed by atoms with Gasteiger partial charge in [-0.1, -0.05) is 6.07 Å². The van der Waals surface area contributed by atoms with Crippen LogP contribution < -0.4 is 10.3 Å². The van der Waals surface area contributed by atoms with Gasteiger partial charge in [0, 0.05) is 0 Å². The first-order valence-corrected chi connectivity index (χ1v) is 9.77. The summed E-state index contributed by atoms with van der Waals surface area (Å²) in [7, 11) is 0. The van der Waals surface area contributed by atoms with E-state index >= 15 is 0 Å². The highest BCUT2D eigenvalue weighted by atomic mass is 16.5. The molecule has 1 atom stereocenters. The molecule has 0 saturated carbocycles. The van der Waals surface area contributed by atoms with Crippen LogP contribution in [-0.4, -0.2) is 37.1 Å². The highest BCUT2D eigenvalue weighted by Crippen LogP contribution is 2.17. The number of benzene rings is 2. The second kappa shape index (κ2) is 8.42. The highest BCUT2D eigenvalue weighted by molar-refractivity contribution is 5.75. The normalized spacial score (nSPS) is 11.9. The molecule has 2 heterocycles. The first-order chi connectivity index (χ1) is 14.9. The van der Waals surface area contributed by atoms with Crippen molar-refractivity contribution in [1.29, 1.82) is 5.26 Å². The Labute approximate surface area is 178 Å². The van der Waals surface area contributed by atoms with E-state index in [1.54, 1.807) is 28.9 Å². The zero-order valence-electron chi connectivity index (χ0n) is 17.2. The van der Waals surface area contributed by atoms with E-state index < -0.39 is 6.10 Å². The molecule has 1 unspecified atom stereocenters. The standard InChI is InChI=1S/C23H21N5O3/c1-15-7-16(2)9-18(8-15)28-22-21(11-26-28)23(30)27(14-25-22)12-19(29)13-31-20-5-3-17(10-24)4-6-20/h3-9,11,14,19,29H,12-13H2,1-2H3. The Balaban J connectivity index is 1.51. The number of rotatable bonds is 6. The summed E-state index contributed by atoms with van der Waals surface area (Å²) in [5.74, 6) is 0.536. The van der Waals surface area contributed by atoms with E-state index in [2.05, 4.69) is 16.1 Å². The molecule has 0 saturated heterocycles. The molecule has 0 bridgehead atoms. The van der Waals surface area contributed by atoms with Gasteiger partial charge in [0.05, 0.1) is 30.1 Å². The largest absolute Gasteiger partial charge is 0.491 e. The fraction of sp³-hybridized carbons (Fsp3) is 0.217. The number of aliphatic hydroxyl groups excluding tert-OH is 1. The second-order valence-corrected chi connectivity index (χ2v) is 7.44. The van der Waals surface area contributed by atoms with E-state index in [-0.39, 0.29) is 18.7 Å². The molecule has 0 aliphatic carbocycles. The fourth-order valence-corrected chi connectivity index (χ4v) is 3.44. The van der Waals surface area contributed by atoms with Crippen LogP contribution in [0.5, 0.6) is 5.75 Å². The van der Waals surface area contributed by atoms with E-state index in [0.717, 1.165) is 16.8 Å². The van der Waals surface area contributed by atoms with Gasteiger partial charge in [0.2, 0.25) is 0 Å². The van der Waals surface area contributed by atoms with Gasteiger partial charge in [0.15, 0.2) is 5.65 Å². The van der Waals surface area contributed by atoms with Crippen molar-refractivity contribution < 1.29 is 9.84 Å². The Bertz CT molecular complexity index is 1310. The van der Waals surface area contributed by atoms with Gasteiger partial charge in [-0.05, 0) is 61.4 Å². The van der Waals surface area contributed by atoms with Crippen molar-refractivity contribution in [3.05, 3.63) is 82.0 Å². The van der Waals surface area contributed by atoms with Crippen LogP contribution in [0.15, 0.2) is 59.8 Å². The second-order valence-electron chi connectivity index (χ2n) is 7.44. The Morgan fingerprint density at radius 1 is 1.16 bits per heavy atom. The number of nitrogens with zero attached hydrogens (tertiary/aromatic N) is 5. The van der Waals surface area contributed by atoms with Crippen LogP contribution in [0.2, 0.25) is 0 Å². The molecule has 4 rings (SSSR count). The van der Waals surface area contributed by atoms with Gasteiger partial charge >= 0.3 is 0 Å². The topological polar surface area (TPSA) is 106 Å². The number of hydrogen-bond donors (Lipinski definition) is 1. The van der Waals surface area contributed by atoms with Crippen molar-refractivity contribution in [2.75, 3.05) is 6.61 Å². The molecule has 156 valence electrons. The summed E-state index contributed by atoms with van der Waals surface area (Å²) in [6.07, 6.45) is 2.00. The van der Waals surface area contributed by atoms with Gasteiger partial charge in [0.25, 0.3) is 5.56 Å². The van der Waals surface area contributed by atoms with Gasteiger partial charge in [-0.15, -0.1) is 0 Å². The Morgan fingerprint density at radius 2 is 1.87 bits per heavy atom. The number of hydrogen-bond acceptors (Lipinski definition) is 6. The van der Waals surface area contributed by atoms with Gasteiger partial charge in [-0.25, -0.2) is 9.67 Å². The van der Waals surface area contributed by atoms with Crippen molar-refractivity contribution in [2.24, 2.45) is 0 Å². The molecule has 1 N–H and O–H groups in total. The van der Waals surface area contributed by atoms with Gasteiger partial charge < -0.3 is 9.84 Å². The Morgan fingerprint density at radius 3 is 2.55 bits per heavy atom. The summed E-state index contributed by atoms with van der Waals surface area (Å²) in [6, 6.07) is 14.7. The summed E-state index contributed by atoms with van der Waals surface area (Å²) < 4.78 is 8.53. The number of nitriles is 1. The molecule has 8 nitrogen and oxygen atoms in total. The predicted molar refractivity (Wildman–Crippen MR) is 115 cm³/mol. The molecule has 31 heavy (non-hydrogen) atoms. The Hall–Kier alpha value is -3.96. The summed E-state index contributed by atoms with van der Waals surface area (Å²) in [4.78, 5) is 17.3. The smallest absolute Gasteiger partial charge is 0.264 e. The van der Waals surface area contributed by atoms with E-state index in [1.807, 2.05) is 32.0 Å². The molecule has 4 aromatic rings. The van der Waals surface area contributed by atoms with Gasteiger partial charge in [-0.3, -0.25) is 9.36 Å². The fourth-order valence-electron chi connectivity index (χ4n) is 3.44. The van der Waals surface area contributed by atoms with Crippen LogP contribution >= 0.6 is 0 Å². The van der Waals surface area contributed by atoms with Crippen LogP contribution in [0.3, 0.4) is 0 Å². The van der Waals surface area contributed by atoms with Crippen LogP contribution in [-0.2, 0) is 6.54 Å². The summed E-state index contributed by atoms with van der Waals surface area (Å²) in [6.45, 7) is 4.04. The number of aryl methyl sites for hydroxylation is 2. The van der Waals surface area contributed by atoms with Crippen LogP contribution in [0.25, 0.3) is 16.7 Å². The van der Waals surface area contributed by atoms with Gasteiger partial charge in [-0.2, -0.15) is 10.4 Å². The zero-order chi connectivity index (χ0) is 22.0. The minimum atomic E-state index is -0.915.